The molecule has 0 amide bonds. The van der Waals surface area contributed by atoms with Crippen molar-refractivity contribution in [1.82, 2.24) is 14.8 Å². The second kappa shape index (κ2) is 5.92. The number of aromatic carboxylic acids is 1. The number of methoxy groups -OCH3 is 1. The summed E-state index contributed by atoms with van der Waals surface area (Å²) in [4.78, 5) is 15.6. The molecule has 1 aromatic heterocycles. The van der Waals surface area contributed by atoms with Crippen molar-refractivity contribution in [3.8, 4) is 22.8 Å². The van der Waals surface area contributed by atoms with Crippen LogP contribution >= 0.6 is 0 Å². The molecule has 1 heterocycles. The number of ether oxygens (including phenoxy) is 1. The van der Waals surface area contributed by atoms with Crippen LogP contribution in [0.25, 0.3) is 17.1 Å². The molecule has 2 aromatic carbocycles. The molecule has 0 aliphatic carbocycles. The number of hydrogen-bond donors (Lipinski definition) is 1. The van der Waals surface area contributed by atoms with E-state index in [1.54, 1.807) is 43.0 Å². The maximum absolute atomic E-state index is 11.2. The molecule has 0 aliphatic rings. The first-order chi connectivity index (χ1) is 11.1. The predicted octanol–water partition coefficient (Wildman–Crippen LogP) is 2.95. The van der Waals surface area contributed by atoms with Crippen molar-refractivity contribution in [3.05, 3.63) is 59.9 Å². The lowest BCUT2D eigenvalue weighted by atomic mass is 10.2. The van der Waals surface area contributed by atoms with Gasteiger partial charge in [-0.2, -0.15) is 5.10 Å². The molecule has 0 aliphatic heterocycles. The highest BCUT2D eigenvalue weighted by molar-refractivity contribution is 5.88. The Kier molecular flexibility index (Phi) is 3.80. The van der Waals surface area contributed by atoms with Gasteiger partial charge in [0, 0.05) is 5.56 Å². The molecule has 116 valence electrons. The van der Waals surface area contributed by atoms with Crippen molar-refractivity contribution in [1.29, 1.82) is 0 Å². The first kappa shape index (κ1) is 14.8. The van der Waals surface area contributed by atoms with Gasteiger partial charge >= 0.3 is 5.97 Å². The van der Waals surface area contributed by atoms with Crippen LogP contribution in [0.1, 0.15) is 16.2 Å². The number of nitrogens with zero attached hydrogens (tertiary/aromatic N) is 3. The molecule has 6 nitrogen and oxygen atoms in total. The zero-order chi connectivity index (χ0) is 16.4. The second-order valence-corrected chi connectivity index (χ2v) is 4.98. The smallest absolute Gasteiger partial charge is 0.335 e. The molecule has 23 heavy (non-hydrogen) atoms. The molecule has 6 heteroatoms. The Morgan fingerprint density at radius 1 is 1.17 bits per heavy atom. The fourth-order valence-electron chi connectivity index (χ4n) is 2.29. The van der Waals surface area contributed by atoms with Crippen LogP contribution in [0.5, 0.6) is 5.75 Å². The summed E-state index contributed by atoms with van der Waals surface area (Å²) in [5.41, 5.74) is 1.72. The van der Waals surface area contributed by atoms with Crippen molar-refractivity contribution >= 4 is 5.97 Å². The lowest BCUT2D eigenvalue weighted by Crippen LogP contribution is -2.03. The maximum atomic E-state index is 11.2. The lowest BCUT2D eigenvalue weighted by Gasteiger charge is -2.07. The van der Waals surface area contributed by atoms with Crippen LogP contribution in [-0.4, -0.2) is 33.0 Å². The molecule has 0 unspecified atom stereocenters. The van der Waals surface area contributed by atoms with Gasteiger partial charge in [0.1, 0.15) is 11.6 Å². The van der Waals surface area contributed by atoms with E-state index in [2.05, 4.69) is 10.1 Å². The number of benzene rings is 2. The summed E-state index contributed by atoms with van der Waals surface area (Å²) in [6.07, 6.45) is 0. The van der Waals surface area contributed by atoms with Gasteiger partial charge in [0.2, 0.25) is 0 Å². The number of aromatic nitrogens is 3. The number of hydrogen-bond acceptors (Lipinski definition) is 4. The Labute approximate surface area is 133 Å². The van der Waals surface area contributed by atoms with E-state index in [0.29, 0.717) is 17.3 Å². The Bertz CT molecular complexity index is 854. The molecule has 3 rings (SSSR count). The monoisotopic (exact) mass is 309 g/mol. The minimum absolute atomic E-state index is 0.205. The minimum atomic E-state index is -0.977. The van der Waals surface area contributed by atoms with E-state index in [-0.39, 0.29) is 5.56 Å². The van der Waals surface area contributed by atoms with Gasteiger partial charge in [0.05, 0.1) is 18.4 Å². The van der Waals surface area contributed by atoms with E-state index in [4.69, 9.17) is 9.84 Å². The lowest BCUT2D eigenvalue weighted by molar-refractivity contribution is 0.0697. The molecular weight excluding hydrogens is 294 g/mol. The van der Waals surface area contributed by atoms with Gasteiger partial charge in [-0.15, -0.1) is 0 Å². The van der Waals surface area contributed by atoms with Crippen molar-refractivity contribution in [2.45, 2.75) is 6.92 Å². The van der Waals surface area contributed by atoms with Gasteiger partial charge in [0.15, 0.2) is 5.82 Å². The van der Waals surface area contributed by atoms with Crippen LogP contribution in [0.15, 0.2) is 48.5 Å². The highest BCUT2D eigenvalue weighted by atomic mass is 16.5. The van der Waals surface area contributed by atoms with E-state index < -0.39 is 5.97 Å². The average molecular weight is 309 g/mol. The predicted molar refractivity (Wildman–Crippen MR) is 85.0 cm³/mol. The summed E-state index contributed by atoms with van der Waals surface area (Å²) in [5.74, 6) is 1.03. The largest absolute Gasteiger partial charge is 0.497 e. The van der Waals surface area contributed by atoms with Gasteiger partial charge in [0.25, 0.3) is 0 Å². The quantitative estimate of drug-likeness (QED) is 0.801. The normalized spacial score (nSPS) is 10.5. The van der Waals surface area contributed by atoms with E-state index in [0.717, 1.165) is 11.3 Å². The van der Waals surface area contributed by atoms with E-state index in [9.17, 15) is 4.79 Å². The van der Waals surface area contributed by atoms with Gasteiger partial charge in [-0.1, -0.05) is 6.07 Å². The zero-order valence-corrected chi connectivity index (χ0v) is 12.7. The third kappa shape index (κ3) is 2.91. The fraction of sp³-hybridized carbons (Fsp3) is 0.118. The summed E-state index contributed by atoms with van der Waals surface area (Å²) in [6, 6.07) is 14.1. The summed E-state index contributed by atoms with van der Waals surface area (Å²) in [7, 11) is 1.61. The van der Waals surface area contributed by atoms with Crippen molar-refractivity contribution in [2.24, 2.45) is 0 Å². The highest BCUT2D eigenvalue weighted by Crippen LogP contribution is 2.24. The Hall–Kier alpha value is -3.15. The molecule has 0 radical (unpaired) electrons. The number of carbonyl (C=O) groups is 1. The van der Waals surface area contributed by atoms with Crippen LogP contribution in [0.4, 0.5) is 0 Å². The Morgan fingerprint density at radius 3 is 2.57 bits per heavy atom. The molecular formula is C17H15N3O3. The SMILES string of the molecule is COc1ccc(-c2nc(C)nn2-c2cccc(C(=O)O)c2)cc1. The van der Waals surface area contributed by atoms with Crippen LogP contribution in [-0.2, 0) is 0 Å². The van der Waals surface area contributed by atoms with Crippen molar-refractivity contribution < 1.29 is 14.6 Å². The standard InChI is InChI=1S/C17H15N3O3/c1-11-18-16(12-6-8-15(23-2)9-7-12)20(19-11)14-5-3-4-13(10-14)17(21)22/h3-10H,1-2H3,(H,21,22). The van der Waals surface area contributed by atoms with E-state index in [1.165, 1.54) is 0 Å². The summed E-state index contributed by atoms with van der Waals surface area (Å²) in [6.45, 7) is 1.80. The molecule has 0 saturated heterocycles. The van der Waals surface area contributed by atoms with Crippen molar-refractivity contribution in [2.75, 3.05) is 7.11 Å². The van der Waals surface area contributed by atoms with Gasteiger partial charge in [-0.3, -0.25) is 0 Å². The summed E-state index contributed by atoms with van der Waals surface area (Å²) < 4.78 is 6.80. The maximum Gasteiger partial charge on any atom is 0.335 e. The fourth-order valence-corrected chi connectivity index (χ4v) is 2.29. The van der Waals surface area contributed by atoms with Gasteiger partial charge < -0.3 is 9.84 Å². The molecule has 0 bridgehead atoms. The molecule has 0 atom stereocenters. The van der Waals surface area contributed by atoms with Gasteiger partial charge in [-0.25, -0.2) is 14.5 Å². The molecule has 0 fully saturated rings. The van der Waals surface area contributed by atoms with Crippen LogP contribution in [0, 0.1) is 6.92 Å². The topological polar surface area (TPSA) is 77.2 Å². The number of carboxylic acids is 1. The number of aryl methyl sites for hydroxylation is 1. The first-order valence-electron chi connectivity index (χ1n) is 7.00. The van der Waals surface area contributed by atoms with Gasteiger partial charge in [-0.05, 0) is 49.4 Å². The third-order valence-electron chi connectivity index (χ3n) is 3.40. The molecule has 0 spiro atoms. The summed E-state index contributed by atoms with van der Waals surface area (Å²) in [5, 5.41) is 13.5. The molecule has 3 aromatic rings. The van der Waals surface area contributed by atoms with Crippen LogP contribution in [0.3, 0.4) is 0 Å². The summed E-state index contributed by atoms with van der Waals surface area (Å²) >= 11 is 0. The first-order valence-corrected chi connectivity index (χ1v) is 7.00. The van der Waals surface area contributed by atoms with Crippen LogP contribution < -0.4 is 4.74 Å². The average Bonchev–Trinajstić information content (AvgIpc) is 2.97. The highest BCUT2D eigenvalue weighted by Gasteiger charge is 2.13. The Morgan fingerprint density at radius 2 is 1.91 bits per heavy atom. The zero-order valence-electron chi connectivity index (χ0n) is 12.7. The minimum Gasteiger partial charge on any atom is -0.497 e. The van der Waals surface area contributed by atoms with Crippen LogP contribution in [0.2, 0.25) is 0 Å². The number of rotatable bonds is 4. The molecule has 0 saturated carbocycles. The van der Waals surface area contributed by atoms with E-state index >= 15 is 0 Å². The van der Waals surface area contributed by atoms with E-state index in [1.807, 2.05) is 24.3 Å². The second-order valence-electron chi connectivity index (χ2n) is 4.98. The molecule has 1 N–H and O–H groups in total. The Balaban J connectivity index is 2.10. The van der Waals surface area contributed by atoms with Crippen molar-refractivity contribution in [3.63, 3.8) is 0 Å². The number of carboxylic acid groups (broad SMARTS) is 1. The third-order valence-corrected chi connectivity index (χ3v) is 3.40.